The van der Waals surface area contributed by atoms with E-state index in [1.165, 1.54) is 13.0 Å². The van der Waals surface area contributed by atoms with Gasteiger partial charge < -0.3 is 15.1 Å². The molecule has 2 rings (SSSR count). The average molecular weight is 344 g/mol. The minimum Gasteiger partial charge on any atom is -0.366 e. The van der Waals surface area contributed by atoms with Crippen molar-refractivity contribution in [1.29, 1.82) is 0 Å². The molecule has 0 saturated carbocycles. The van der Waals surface area contributed by atoms with Crippen LogP contribution in [-0.4, -0.2) is 43.4 Å². The van der Waals surface area contributed by atoms with Crippen LogP contribution in [0.2, 0.25) is 0 Å². The Bertz CT molecular complexity index is 531. The molecule has 1 heterocycles. The second kappa shape index (κ2) is 6.21. The van der Waals surface area contributed by atoms with Crippen molar-refractivity contribution in [2.24, 2.45) is 0 Å². The summed E-state index contributed by atoms with van der Waals surface area (Å²) in [5.41, 5.74) is 0.861. The molecular formula is C13H15BrFN3O2. The number of nitrogens with one attached hydrogen (secondary N) is 1. The van der Waals surface area contributed by atoms with E-state index in [2.05, 4.69) is 21.2 Å². The van der Waals surface area contributed by atoms with Gasteiger partial charge in [-0.05, 0) is 22.0 Å². The molecule has 0 radical (unpaired) electrons. The van der Waals surface area contributed by atoms with E-state index < -0.39 is 5.82 Å². The zero-order chi connectivity index (χ0) is 14.7. The van der Waals surface area contributed by atoms with E-state index in [9.17, 15) is 14.0 Å². The van der Waals surface area contributed by atoms with Crippen LogP contribution in [0.4, 0.5) is 15.8 Å². The van der Waals surface area contributed by atoms with Gasteiger partial charge in [0, 0.05) is 43.6 Å². The second-order valence-electron chi connectivity index (χ2n) is 4.54. The number of piperazine rings is 1. The van der Waals surface area contributed by atoms with Gasteiger partial charge in [0.2, 0.25) is 12.3 Å². The van der Waals surface area contributed by atoms with Crippen molar-refractivity contribution in [3.8, 4) is 0 Å². The first-order valence-corrected chi connectivity index (χ1v) is 7.02. The molecule has 0 atom stereocenters. The Morgan fingerprint density at radius 2 is 2.00 bits per heavy atom. The molecule has 2 amide bonds. The highest BCUT2D eigenvalue weighted by atomic mass is 79.9. The van der Waals surface area contributed by atoms with Gasteiger partial charge in [-0.1, -0.05) is 0 Å². The lowest BCUT2D eigenvalue weighted by Crippen LogP contribution is -2.48. The van der Waals surface area contributed by atoms with Crippen molar-refractivity contribution in [2.75, 3.05) is 36.4 Å². The summed E-state index contributed by atoms with van der Waals surface area (Å²) >= 11 is 3.30. The summed E-state index contributed by atoms with van der Waals surface area (Å²) in [6.07, 6.45) is 0.505. The van der Waals surface area contributed by atoms with Crippen molar-refractivity contribution in [3.05, 3.63) is 22.4 Å². The first-order chi connectivity index (χ1) is 9.52. The van der Waals surface area contributed by atoms with Crippen LogP contribution in [0.15, 0.2) is 16.6 Å². The van der Waals surface area contributed by atoms with Gasteiger partial charge in [0.05, 0.1) is 11.4 Å². The number of anilines is 2. The molecule has 1 aliphatic heterocycles. The molecule has 0 aromatic heterocycles. The van der Waals surface area contributed by atoms with Crippen LogP contribution in [0, 0.1) is 5.82 Å². The molecule has 5 nitrogen and oxygen atoms in total. The summed E-state index contributed by atoms with van der Waals surface area (Å²) in [6.45, 7) is 3.88. The number of amides is 2. The van der Waals surface area contributed by atoms with E-state index in [4.69, 9.17) is 0 Å². The molecule has 1 aromatic rings. The van der Waals surface area contributed by atoms with Gasteiger partial charge in [0.15, 0.2) is 0 Å². The lowest BCUT2D eigenvalue weighted by atomic mass is 10.2. The molecule has 1 fully saturated rings. The van der Waals surface area contributed by atoms with Crippen molar-refractivity contribution < 1.29 is 14.0 Å². The first kappa shape index (κ1) is 14.8. The highest BCUT2D eigenvalue weighted by Gasteiger charge is 2.21. The minimum atomic E-state index is -0.395. The van der Waals surface area contributed by atoms with E-state index in [0.717, 1.165) is 0 Å². The van der Waals surface area contributed by atoms with Gasteiger partial charge in [0.25, 0.3) is 0 Å². The lowest BCUT2D eigenvalue weighted by molar-refractivity contribution is -0.129. The van der Waals surface area contributed by atoms with E-state index in [0.29, 0.717) is 48.4 Å². The van der Waals surface area contributed by atoms with E-state index in [1.807, 2.05) is 4.90 Å². The standard InChI is InChI=1S/C13H15BrFN3O2/c1-9(20)17-2-4-18(5-3-17)13-6-10(14)12(16-8-19)7-11(13)15/h6-8H,2-5H2,1H3,(H,16,19). The molecule has 1 N–H and O–H groups in total. The molecule has 108 valence electrons. The fourth-order valence-corrected chi connectivity index (χ4v) is 2.66. The molecular weight excluding hydrogens is 329 g/mol. The molecule has 0 bridgehead atoms. The maximum atomic E-state index is 14.1. The van der Waals surface area contributed by atoms with Crippen LogP contribution in [0.1, 0.15) is 6.92 Å². The fourth-order valence-electron chi connectivity index (χ4n) is 2.22. The maximum Gasteiger partial charge on any atom is 0.219 e. The Kier molecular flexibility index (Phi) is 4.59. The zero-order valence-electron chi connectivity index (χ0n) is 11.0. The van der Waals surface area contributed by atoms with Crippen LogP contribution < -0.4 is 10.2 Å². The normalized spacial score (nSPS) is 15.2. The van der Waals surface area contributed by atoms with Crippen molar-refractivity contribution in [3.63, 3.8) is 0 Å². The van der Waals surface area contributed by atoms with Crippen LogP contribution in [0.3, 0.4) is 0 Å². The predicted octanol–water partition coefficient (Wildman–Crippen LogP) is 1.82. The van der Waals surface area contributed by atoms with E-state index in [1.54, 1.807) is 11.0 Å². The SMILES string of the molecule is CC(=O)N1CCN(c2cc(Br)c(NC=O)cc2F)CC1. The van der Waals surface area contributed by atoms with E-state index in [-0.39, 0.29) is 5.91 Å². The third-order valence-corrected chi connectivity index (χ3v) is 3.97. The van der Waals surface area contributed by atoms with Gasteiger partial charge >= 0.3 is 0 Å². The largest absolute Gasteiger partial charge is 0.366 e. The predicted molar refractivity (Wildman–Crippen MR) is 78.3 cm³/mol. The summed E-state index contributed by atoms with van der Waals surface area (Å²) in [7, 11) is 0. The highest BCUT2D eigenvalue weighted by molar-refractivity contribution is 9.10. The zero-order valence-corrected chi connectivity index (χ0v) is 12.6. The Labute approximate surface area is 124 Å². The van der Waals surface area contributed by atoms with Crippen molar-refractivity contribution in [1.82, 2.24) is 4.90 Å². The number of carbonyl (C=O) groups excluding carboxylic acids is 2. The van der Waals surface area contributed by atoms with Gasteiger partial charge in [-0.15, -0.1) is 0 Å². The van der Waals surface area contributed by atoms with Gasteiger partial charge in [-0.3, -0.25) is 9.59 Å². The number of hydrogen-bond donors (Lipinski definition) is 1. The fraction of sp³-hybridized carbons (Fsp3) is 0.385. The molecule has 20 heavy (non-hydrogen) atoms. The van der Waals surface area contributed by atoms with Crippen LogP contribution >= 0.6 is 15.9 Å². The van der Waals surface area contributed by atoms with Gasteiger partial charge in [0.1, 0.15) is 5.82 Å². The Balaban J connectivity index is 2.16. The van der Waals surface area contributed by atoms with Crippen LogP contribution in [0.25, 0.3) is 0 Å². The van der Waals surface area contributed by atoms with Crippen molar-refractivity contribution in [2.45, 2.75) is 6.92 Å². The molecule has 0 spiro atoms. The van der Waals surface area contributed by atoms with Gasteiger partial charge in [-0.25, -0.2) is 4.39 Å². The number of rotatable bonds is 3. The smallest absolute Gasteiger partial charge is 0.219 e. The monoisotopic (exact) mass is 343 g/mol. The van der Waals surface area contributed by atoms with E-state index >= 15 is 0 Å². The topological polar surface area (TPSA) is 52.7 Å². The number of carbonyl (C=O) groups is 2. The summed E-state index contributed by atoms with van der Waals surface area (Å²) in [5, 5.41) is 2.43. The van der Waals surface area contributed by atoms with Crippen molar-refractivity contribution >= 4 is 39.6 Å². The quantitative estimate of drug-likeness (QED) is 0.852. The molecule has 7 heteroatoms. The molecule has 1 aliphatic rings. The molecule has 0 aliphatic carbocycles. The molecule has 0 unspecified atom stereocenters. The highest BCUT2D eigenvalue weighted by Crippen LogP contribution is 2.31. The average Bonchev–Trinajstić information content (AvgIpc) is 2.43. The summed E-state index contributed by atoms with van der Waals surface area (Å²) < 4.78 is 14.7. The first-order valence-electron chi connectivity index (χ1n) is 6.22. The molecule has 1 aromatic carbocycles. The number of nitrogens with zero attached hydrogens (tertiary/aromatic N) is 2. The summed E-state index contributed by atoms with van der Waals surface area (Å²) in [4.78, 5) is 25.3. The van der Waals surface area contributed by atoms with Gasteiger partial charge in [-0.2, -0.15) is 0 Å². The minimum absolute atomic E-state index is 0.0387. The number of benzene rings is 1. The Morgan fingerprint density at radius 3 is 2.55 bits per heavy atom. The Hall–Kier alpha value is -1.63. The van der Waals surface area contributed by atoms with Crippen LogP contribution in [0.5, 0.6) is 0 Å². The maximum absolute atomic E-state index is 14.1. The summed E-state index contributed by atoms with van der Waals surface area (Å²) in [5.74, 6) is -0.356. The second-order valence-corrected chi connectivity index (χ2v) is 5.39. The third kappa shape index (κ3) is 3.09. The lowest BCUT2D eigenvalue weighted by Gasteiger charge is -2.35. The number of halogens is 2. The third-order valence-electron chi connectivity index (χ3n) is 3.32. The summed E-state index contributed by atoms with van der Waals surface area (Å²) in [6, 6.07) is 2.93. The van der Waals surface area contributed by atoms with Crippen LogP contribution in [-0.2, 0) is 9.59 Å². The Morgan fingerprint density at radius 1 is 1.35 bits per heavy atom. The molecule has 1 saturated heterocycles. The number of hydrogen-bond acceptors (Lipinski definition) is 3.